The minimum absolute atomic E-state index is 0.311. The van der Waals surface area contributed by atoms with E-state index in [2.05, 4.69) is 36.2 Å². The van der Waals surface area contributed by atoms with Gasteiger partial charge in [0.15, 0.2) is 0 Å². The Kier molecular flexibility index (Phi) is 23.0. The fourth-order valence-electron chi connectivity index (χ4n) is 18.2. The van der Waals surface area contributed by atoms with Crippen molar-refractivity contribution in [2.24, 2.45) is 0 Å². The van der Waals surface area contributed by atoms with Crippen molar-refractivity contribution in [3.63, 3.8) is 0 Å². The van der Waals surface area contributed by atoms with Crippen LogP contribution in [0.1, 0.15) is 22.3 Å². The molecule has 136 heavy (non-hydrogen) atoms. The van der Waals surface area contributed by atoms with Gasteiger partial charge < -0.3 is 0 Å². The zero-order valence-electron chi connectivity index (χ0n) is 64.8. The van der Waals surface area contributed by atoms with Crippen molar-refractivity contribution >= 4 is 70.7 Å². The Bertz CT molecular complexity index is 5040. The van der Waals surface area contributed by atoms with E-state index < -0.39 is 261 Å². The molecule has 0 radical (unpaired) electrons. The molecule has 60 heteroatoms. The fourth-order valence-corrected chi connectivity index (χ4v) is 41.9. The van der Waals surface area contributed by atoms with Gasteiger partial charge in [0.1, 0.15) is 0 Å². The molecule has 752 valence electrons. The zero-order chi connectivity index (χ0) is 103. The number of rotatable bonds is 4. The molecular weight excluding hydrogens is 2080 g/mol. The molecule has 0 saturated carbocycles. The second-order valence-corrected chi connectivity index (χ2v) is 47.0. The monoisotopic (exact) mass is 2120 g/mol. The summed E-state index contributed by atoms with van der Waals surface area (Å²) in [6.45, 7) is 0. The Morgan fingerprint density at radius 3 is 0.368 bits per heavy atom. The van der Waals surface area contributed by atoms with E-state index in [1.165, 1.54) is 24.3 Å². The molecule has 0 amide bonds. The van der Waals surface area contributed by atoms with E-state index in [9.17, 15) is 211 Å². The van der Waals surface area contributed by atoms with Crippen molar-refractivity contribution in [1.29, 1.82) is 0 Å². The molecule has 0 atom stereocenters. The van der Waals surface area contributed by atoms with Gasteiger partial charge in [0.25, 0.3) is 0 Å². The van der Waals surface area contributed by atoms with E-state index in [0.29, 0.717) is 48.5 Å². The summed E-state index contributed by atoms with van der Waals surface area (Å²) in [6.07, 6.45) is -110. The Hall–Kier alpha value is -8.20. The van der Waals surface area contributed by atoms with Crippen LogP contribution in [0.5, 0.6) is 0 Å². The van der Waals surface area contributed by atoms with Gasteiger partial charge in [-0.05, 0) is 0 Å². The minimum atomic E-state index is -6.34. The normalized spacial score (nSPS) is 24.1. The maximum atomic E-state index is 14.1. The number of benzene rings is 8. The molecule has 8 heterocycles. The number of hydrogen-bond acceptors (Lipinski definition) is 8. The molecule has 8 nitrogen and oxygen atoms in total. The first-order valence-corrected chi connectivity index (χ1v) is 45.6. The van der Waals surface area contributed by atoms with Crippen LogP contribution in [0.15, 0.2) is 218 Å². The van der Waals surface area contributed by atoms with Crippen LogP contribution in [0.4, 0.5) is 211 Å². The van der Waals surface area contributed by atoms with Crippen LogP contribution in [-0.2, 0) is 58.6 Å². The maximum absolute atomic E-state index is 14.1. The summed E-state index contributed by atoms with van der Waals surface area (Å²) >= 11 is 0. The van der Waals surface area contributed by atoms with Gasteiger partial charge >= 0.3 is 727 Å². The van der Waals surface area contributed by atoms with Crippen LogP contribution in [0.3, 0.4) is 0 Å². The number of fused-ring (bicyclic) bond motifs is 8. The molecule has 0 N–H and O–H groups in total. The van der Waals surface area contributed by atoms with Crippen LogP contribution in [0, 0.1) is 0 Å². The topological polar surface area (TPSA) is 73.8 Å². The van der Waals surface area contributed by atoms with Crippen LogP contribution in [0.2, 0.25) is 0 Å². The third kappa shape index (κ3) is 13.3. The van der Waals surface area contributed by atoms with E-state index >= 15 is 0 Å². The molecule has 8 aliphatic rings. The van der Waals surface area contributed by atoms with E-state index in [1.807, 2.05) is 0 Å². The van der Waals surface area contributed by atoms with Crippen molar-refractivity contribution < 1.29 is 247 Å². The van der Waals surface area contributed by atoms with Gasteiger partial charge in [0, 0.05) is 0 Å². The summed E-state index contributed by atoms with van der Waals surface area (Å²) in [4.78, 5) is 0. The Balaban J connectivity index is 0.000000153. The standard InChI is InChI=1S/4C19H11F12O2P/c4*20-16(21,22)14(17(23,24)25)10-34(32-14,11-6-2-1-3-7-11)13-9-5-4-8-12(13)15(33-34,18(26,27)28)19(29,30)31/h4*1-9H,10H2. The first kappa shape index (κ1) is 105. The average molecular weight is 2120 g/mol. The molecule has 4 spiro atoms. The first-order chi connectivity index (χ1) is 61.1. The second kappa shape index (κ2) is 29.7. The van der Waals surface area contributed by atoms with Gasteiger partial charge in [-0.3, -0.25) is 0 Å². The van der Waals surface area contributed by atoms with Crippen LogP contribution in [-0.4, -0.2) is 146 Å². The zero-order valence-corrected chi connectivity index (χ0v) is 68.4. The third-order valence-corrected chi connectivity index (χ3v) is 44.2. The van der Waals surface area contributed by atoms with Gasteiger partial charge in [-0.2, -0.15) is 0 Å². The SMILES string of the molecule is FC(F)(F)C1(C(F)(F)F)CP2(c3ccccc3)(O1)OC(C(F)(F)F)(C(F)(F)F)c1ccccc12.FC(F)(F)C1(C(F)(F)F)CP2(c3ccccc3)(O1)OC(C(F)(F)F)(C(F)(F)F)c1ccccc12.FC(F)(F)C1(C(F)(F)F)CP2(c3ccccc3)(O1)OC(C(F)(F)F)(C(F)(F)F)c1ccccc12.FC(F)(F)C1(C(F)(F)F)CP2(c3ccccc3)(O1)OC(C(F)(F)F)(C(F)(F)F)c1ccccc12. The molecule has 4 fully saturated rings. The summed E-state index contributed by atoms with van der Waals surface area (Å²) < 4.78 is 704. The van der Waals surface area contributed by atoms with Crippen molar-refractivity contribution in [2.75, 3.05) is 24.6 Å². The summed E-state index contributed by atoms with van der Waals surface area (Å²) in [7, 11) is -25.4. The Morgan fingerprint density at radius 2 is 0.257 bits per heavy atom. The molecule has 0 aromatic heterocycles. The number of hydrogen-bond donors (Lipinski definition) is 0. The molecule has 0 aliphatic carbocycles. The molecule has 0 unspecified atom stereocenters. The van der Waals surface area contributed by atoms with Gasteiger partial charge in [-0.25, -0.2) is 0 Å². The number of halogens is 48. The van der Waals surface area contributed by atoms with E-state index in [1.54, 1.807) is 0 Å². The van der Waals surface area contributed by atoms with Gasteiger partial charge in [0.2, 0.25) is 0 Å². The molecule has 16 rings (SSSR count). The van der Waals surface area contributed by atoms with Crippen LogP contribution < -0.4 is 42.4 Å². The van der Waals surface area contributed by atoms with Crippen LogP contribution >= 0.6 is 28.2 Å². The fraction of sp³-hybridized carbons (Fsp3) is 0.368. The van der Waals surface area contributed by atoms with Crippen molar-refractivity contribution in [3.8, 4) is 0 Å². The Morgan fingerprint density at radius 1 is 0.147 bits per heavy atom. The second-order valence-electron chi connectivity index (χ2n) is 31.3. The van der Waals surface area contributed by atoms with Crippen molar-refractivity contribution in [3.05, 3.63) is 241 Å². The number of alkyl halides is 48. The average Bonchev–Trinajstić information content (AvgIpc) is 1.59. The van der Waals surface area contributed by atoms with Crippen LogP contribution in [0.25, 0.3) is 0 Å². The summed E-state index contributed by atoms with van der Waals surface area (Å²) in [6, 6.07) is 29.3. The summed E-state index contributed by atoms with van der Waals surface area (Å²) in [5.41, 5.74) is -47.8. The molecular formula is C76H44F48O8P4. The molecule has 4 saturated heterocycles. The van der Waals surface area contributed by atoms with Crippen molar-refractivity contribution in [2.45, 2.75) is 144 Å². The predicted octanol–water partition coefficient (Wildman–Crippen LogP) is 25.1. The van der Waals surface area contributed by atoms with E-state index in [0.717, 1.165) is 146 Å². The molecule has 8 aromatic rings. The Labute approximate surface area is 724 Å². The third-order valence-electron chi connectivity index (χ3n) is 23.8. The van der Waals surface area contributed by atoms with Gasteiger partial charge in [-0.1, -0.05) is 0 Å². The molecule has 8 aliphatic heterocycles. The summed E-state index contributed by atoms with van der Waals surface area (Å²) in [5, 5.41) is -7.67. The van der Waals surface area contributed by atoms with Crippen molar-refractivity contribution in [1.82, 2.24) is 0 Å². The van der Waals surface area contributed by atoms with Gasteiger partial charge in [-0.15, -0.1) is 0 Å². The van der Waals surface area contributed by atoms with E-state index in [4.69, 9.17) is 0 Å². The molecule has 0 bridgehead atoms. The van der Waals surface area contributed by atoms with E-state index in [-0.39, 0.29) is 0 Å². The summed E-state index contributed by atoms with van der Waals surface area (Å²) in [5.74, 6) is 0. The quantitative estimate of drug-likeness (QED) is 0.127. The predicted molar refractivity (Wildman–Crippen MR) is 379 cm³/mol. The van der Waals surface area contributed by atoms with Gasteiger partial charge in [0.05, 0.1) is 0 Å². The molecule has 8 aromatic carbocycles. The first-order valence-electron chi connectivity index (χ1n) is 36.6.